The lowest BCUT2D eigenvalue weighted by Crippen LogP contribution is -2.19. The molecule has 1 aliphatic rings. The summed E-state index contributed by atoms with van der Waals surface area (Å²) in [6.45, 7) is 0.532. The molecule has 1 rings (SSSR count). The molecule has 1 unspecified atom stereocenters. The van der Waals surface area contributed by atoms with Gasteiger partial charge in [0.25, 0.3) is 0 Å². The fourth-order valence-corrected chi connectivity index (χ4v) is 1.63. The summed E-state index contributed by atoms with van der Waals surface area (Å²) in [6.07, 6.45) is 0. The van der Waals surface area contributed by atoms with Crippen LogP contribution in [-0.2, 0) is 14.6 Å². The molecule has 4 nitrogen and oxygen atoms in total. The second-order valence-corrected chi connectivity index (χ2v) is 4.18. The van der Waals surface area contributed by atoms with Crippen molar-refractivity contribution in [3.05, 3.63) is 0 Å². The SMILES string of the molecule is NCCS(=O)(=O)C1CO1. The van der Waals surface area contributed by atoms with E-state index in [1.807, 2.05) is 0 Å². The number of sulfone groups is 1. The smallest absolute Gasteiger partial charge is 0.182 e. The average Bonchev–Trinajstić information content (AvgIpc) is 2.41. The molecule has 0 aromatic rings. The minimum atomic E-state index is -2.98. The van der Waals surface area contributed by atoms with Gasteiger partial charge in [-0.1, -0.05) is 0 Å². The second kappa shape index (κ2) is 2.24. The van der Waals surface area contributed by atoms with E-state index in [0.717, 1.165) is 0 Å². The molecule has 1 fully saturated rings. The largest absolute Gasteiger partial charge is 0.356 e. The van der Waals surface area contributed by atoms with Crippen LogP contribution in [0.25, 0.3) is 0 Å². The van der Waals surface area contributed by atoms with E-state index in [2.05, 4.69) is 4.74 Å². The van der Waals surface area contributed by atoms with Gasteiger partial charge in [0.15, 0.2) is 15.3 Å². The van der Waals surface area contributed by atoms with E-state index >= 15 is 0 Å². The van der Waals surface area contributed by atoms with Gasteiger partial charge in [0.1, 0.15) is 0 Å². The summed E-state index contributed by atoms with van der Waals surface area (Å²) in [4.78, 5) is 0. The van der Waals surface area contributed by atoms with Crippen LogP contribution in [0, 0.1) is 0 Å². The minimum Gasteiger partial charge on any atom is -0.356 e. The molecule has 0 aliphatic carbocycles. The fourth-order valence-electron chi connectivity index (χ4n) is 0.542. The van der Waals surface area contributed by atoms with E-state index in [9.17, 15) is 8.42 Å². The molecule has 0 amide bonds. The Labute approximate surface area is 53.9 Å². The lowest BCUT2D eigenvalue weighted by Gasteiger charge is -1.93. The van der Waals surface area contributed by atoms with Crippen molar-refractivity contribution < 1.29 is 13.2 Å². The predicted octanol–water partition coefficient (Wildman–Crippen LogP) is -1.28. The average molecular weight is 151 g/mol. The van der Waals surface area contributed by atoms with Crippen molar-refractivity contribution in [3.8, 4) is 0 Å². The maximum Gasteiger partial charge on any atom is 0.182 e. The normalized spacial score (nSPS) is 26.1. The van der Waals surface area contributed by atoms with Gasteiger partial charge in [-0.25, -0.2) is 8.42 Å². The van der Waals surface area contributed by atoms with Crippen LogP contribution in [0.1, 0.15) is 0 Å². The molecule has 54 valence electrons. The van der Waals surface area contributed by atoms with Crippen LogP contribution in [0.15, 0.2) is 0 Å². The zero-order chi connectivity index (χ0) is 6.91. The molecule has 1 aliphatic heterocycles. The summed E-state index contributed by atoms with van der Waals surface area (Å²) in [6, 6.07) is 0. The van der Waals surface area contributed by atoms with E-state index in [-0.39, 0.29) is 12.3 Å². The van der Waals surface area contributed by atoms with Crippen LogP contribution in [0.2, 0.25) is 0 Å². The van der Waals surface area contributed by atoms with Crippen LogP contribution in [-0.4, -0.2) is 32.8 Å². The number of hydrogen-bond donors (Lipinski definition) is 1. The highest BCUT2D eigenvalue weighted by Crippen LogP contribution is 2.16. The quantitative estimate of drug-likeness (QED) is 0.510. The van der Waals surface area contributed by atoms with E-state index in [1.54, 1.807) is 0 Å². The Bertz CT molecular complexity index is 182. The summed E-state index contributed by atoms with van der Waals surface area (Å²) in [5.41, 5.74) is 4.50. The van der Waals surface area contributed by atoms with Gasteiger partial charge in [-0.2, -0.15) is 0 Å². The molecule has 0 spiro atoms. The van der Waals surface area contributed by atoms with Gasteiger partial charge in [0.2, 0.25) is 0 Å². The molecule has 1 heterocycles. The Balaban J connectivity index is 2.51. The first-order valence-corrected chi connectivity index (χ1v) is 4.41. The second-order valence-electron chi connectivity index (χ2n) is 1.92. The van der Waals surface area contributed by atoms with E-state index in [4.69, 9.17) is 5.73 Å². The third kappa shape index (κ3) is 1.64. The number of ether oxygens (including phenoxy) is 1. The van der Waals surface area contributed by atoms with Crippen LogP contribution >= 0.6 is 0 Å². The van der Waals surface area contributed by atoms with E-state index in [1.165, 1.54) is 0 Å². The summed E-state index contributed by atoms with van der Waals surface area (Å²) in [5.74, 6) is 0.0394. The monoisotopic (exact) mass is 151 g/mol. The van der Waals surface area contributed by atoms with Crippen LogP contribution in [0.5, 0.6) is 0 Å². The first-order valence-electron chi connectivity index (χ1n) is 2.70. The first-order chi connectivity index (χ1) is 4.17. The van der Waals surface area contributed by atoms with E-state index < -0.39 is 15.3 Å². The van der Waals surface area contributed by atoms with Gasteiger partial charge in [-0.3, -0.25) is 0 Å². The number of nitrogens with two attached hydrogens (primary N) is 1. The van der Waals surface area contributed by atoms with Crippen LogP contribution < -0.4 is 5.73 Å². The zero-order valence-corrected chi connectivity index (χ0v) is 5.73. The highest BCUT2D eigenvalue weighted by atomic mass is 32.2. The highest BCUT2D eigenvalue weighted by Gasteiger charge is 2.36. The van der Waals surface area contributed by atoms with Gasteiger partial charge < -0.3 is 10.5 Å². The molecule has 0 aromatic carbocycles. The molecule has 0 radical (unpaired) electrons. The standard InChI is InChI=1S/C4H9NO3S/c5-1-2-9(6,7)4-3-8-4/h4H,1-3,5H2. The Kier molecular flexibility index (Phi) is 1.74. The minimum absolute atomic E-state index is 0.0394. The van der Waals surface area contributed by atoms with Gasteiger partial charge in [-0.15, -0.1) is 0 Å². The molecule has 2 N–H and O–H groups in total. The lowest BCUT2D eigenvalue weighted by molar-refractivity contribution is 0.445. The van der Waals surface area contributed by atoms with Crippen molar-refractivity contribution in [2.45, 2.75) is 5.44 Å². The van der Waals surface area contributed by atoms with Crippen molar-refractivity contribution in [1.82, 2.24) is 0 Å². The molecule has 5 heteroatoms. The molecule has 0 bridgehead atoms. The highest BCUT2D eigenvalue weighted by molar-refractivity contribution is 7.92. The first kappa shape index (κ1) is 6.98. The zero-order valence-electron chi connectivity index (χ0n) is 4.91. The summed E-state index contributed by atoms with van der Waals surface area (Å²) in [7, 11) is -2.98. The van der Waals surface area contributed by atoms with Gasteiger partial charge >= 0.3 is 0 Å². The summed E-state index contributed by atoms with van der Waals surface area (Å²) >= 11 is 0. The van der Waals surface area contributed by atoms with Gasteiger partial charge in [0, 0.05) is 6.54 Å². The molecular weight excluding hydrogens is 142 g/mol. The maximum atomic E-state index is 10.8. The van der Waals surface area contributed by atoms with Crippen molar-refractivity contribution in [1.29, 1.82) is 0 Å². The maximum absolute atomic E-state index is 10.8. The van der Waals surface area contributed by atoms with Gasteiger partial charge in [-0.05, 0) is 0 Å². The fraction of sp³-hybridized carbons (Fsp3) is 1.00. The Morgan fingerprint density at radius 3 is 2.56 bits per heavy atom. The molecule has 1 saturated heterocycles. The van der Waals surface area contributed by atoms with Crippen molar-refractivity contribution in [2.75, 3.05) is 18.9 Å². The molecule has 9 heavy (non-hydrogen) atoms. The van der Waals surface area contributed by atoms with Crippen LogP contribution in [0.4, 0.5) is 0 Å². The third-order valence-electron chi connectivity index (χ3n) is 1.11. The molecule has 1 atom stereocenters. The van der Waals surface area contributed by atoms with Gasteiger partial charge in [0.05, 0.1) is 12.4 Å². The molecule has 0 aromatic heterocycles. The van der Waals surface area contributed by atoms with E-state index in [0.29, 0.717) is 6.61 Å². The Hall–Kier alpha value is -0.130. The summed E-state index contributed by atoms with van der Waals surface area (Å²) in [5, 5.41) is 0. The number of rotatable bonds is 3. The van der Waals surface area contributed by atoms with Crippen molar-refractivity contribution in [2.24, 2.45) is 5.73 Å². The lowest BCUT2D eigenvalue weighted by atomic mass is 10.8. The van der Waals surface area contributed by atoms with Crippen molar-refractivity contribution >= 4 is 9.84 Å². The third-order valence-corrected chi connectivity index (χ3v) is 2.98. The number of epoxide rings is 1. The Morgan fingerprint density at radius 2 is 2.22 bits per heavy atom. The molecular formula is C4H9NO3S. The predicted molar refractivity (Wildman–Crippen MR) is 32.6 cm³/mol. The van der Waals surface area contributed by atoms with Crippen LogP contribution in [0.3, 0.4) is 0 Å². The molecule has 0 saturated carbocycles. The van der Waals surface area contributed by atoms with Crippen molar-refractivity contribution in [3.63, 3.8) is 0 Å². The number of hydrogen-bond acceptors (Lipinski definition) is 4. The topological polar surface area (TPSA) is 72.7 Å². The Morgan fingerprint density at radius 1 is 1.67 bits per heavy atom. The summed E-state index contributed by atoms with van der Waals surface area (Å²) < 4.78 is 26.2.